The van der Waals surface area contributed by atoms with Crippen molar-refractivity contribution < 1.29 is 19.8 Å². The highest BCUT2D eigenvalue weighted by Gasteiger charge is 2.38. The molecule has 1 aliphatic carbocycles. The zero-order valence-electron chi connectivity index (χ0n) is 12.2. The van der Waals surface area contributed by atoms with Gasteiger partial charge in [0, 0.05) is 13.1 Å². The molecule has 20 heavy (non-hydrogen) atoms. The third-order valence-electron chi connectivity index (χ3n) is 4.78. The summed E-state index contributed by atoms with van der Waals surface area (Å²) in [6.45, 7) is 2.98. The highest BCUT2D eigenvalue weighted by molar-refractivity contribution is 5.85. The van der Waals surface area contributed by atoms with Crippen molar-refractivity contribution in [1.82, 2.24) is 4.90 Å². The fraction of sp³-hybridized carbons (Fsp3) is 0.867. The summed E-state index contributed by atoms with van der Waals surface area (Å²) >= 11 is 0. The lowest BCUT2D eigenvalue weighted by Crippen LogP contribution is -2.43. The quantitative estimate of drug-likeness (QED) is 0.807. The van der Waals surface area contributed by atoms with Crippen LogP contribution in [0.5, 0.6) is 0 Å². The maximum atomic E-state index is 12.6. The van der Waals surface area contributed by atoms with Crippen LogP contribution in [0.1, 0.15) is 51.9 Å². The van der Waals surface area contributed by atoms with E-state index in [2.05, 4.69) is 0 Å². The summed E-state index contributed by atoms with van der Waals surface area (Å²) in [6.07, 6.45) is 5.18. The third-order valence-corrected chi connectivity index (χ3v) is 4.78. The smallest absolute Gasteiger partial charge is 0.307 e. The van der Waals surface area contributed by atoms with Gasteiger partial charge in [-0.3, -0.25) is 9.59 Å². The van der Waals surface area contributed by atoms with Gasteiger partial charge in [0.05, 0.1) is 17.4 Å². The number of carbonyl (C=O) groups excluding carboxylic acids is 1. The van der Waals surface area contributed by atoms with Gasteiger partial charge in [-0.1, -0.05) is 12.8 Å². The minimum absolute atomic E-state index is 0.0187. The molecule has 2 fully saturated rings. The van der Waals surface area contributed by atoms with Crippen molar-refractivity contribution in [3.05, 3.63) is 0 Å². The molecule has 1 unspecified atom stereocenters. The minimum atomic E-state index is -0.843. The van der Waals surface area contributed by atoms with Crippen LogP contribution < -0.4 is 0 Å². The zero-order valence-corrected chi connectivity index (χ0v) is 12.2. The second kappa shape index (κ2) is 6.12. The van der Waals surface area contributed by atoms with Crippen molar-refractivity contribution >= 4 is 11.9 Å². The van der Waals surface area contributed by atoms with E-state index in [4.69, 9.17) is 0 Å². The highest BCUT2D eigenvalue weighted by atomic mass is 16.4. The van der Waals surface area contributed by atoms with Crippen LogP contribution in [0.4, 0.5) is 0 Å². The average molecular weight is 283 g/mol. The number of carbonyl (C=O) groups is 2. The predicted molar refractivity (Wildman–Crippen MR) is 74.1 cm³/mol. The highest BCUT2D eigenvalue weighted by Crippen LogP contribution is 2.33. The molecule has 0 radical (unpaired) electrons. The number of hydrogen-bond donors (Lipinski definition) is 2. The molecule has 0 aromatic heterocycles. The Labute approximate surface area is 120 Å². The minimum Gasteiger partial charge on any atom is -0.481 e. The van der Waals surface area contributed by atoms with Crippen LogP contribution in [-0.2, 0) is 9.59 Å². The van der Waals surface area contributed by atoms with E-state index in [0.717, 1.165) is 19.3 Å². The van der Waals surface area contributed by atoms with Crippen LogP contribution in [-0.4, -0.2) is 45.7 Å². The molecule has 5 nitrogen and oxygen atoms in total. The van der Waals surface area contributed by atoms with Gasteiger partial charge in [0.25, 0.3) is 0 Å². The number of likely N-dealkylation sites (tertiary alicyclic amines) is 1. The molecule has 0 aromatic carbocycles. The molecular formula is C15H25NO4. The van der Waals surface area contributed by atoms with E-state index in [1.807, 2.05) is 6.92 Å². The lowest BCUT2D eigenvalue weighted by molar-refractivity contribution is -0.152. The standard InChI is InChI=1S/C15H25NO4/c1-15(20)7-4-9-16(10-8-15)13(17)11-5-2-3-6-12(11)14(18)19/h11-12,20H,2-10H2,1H3,(H,18,19)/t11-,12+,15?/m1/s1. The molecule has 2 aliphatic rings. The molecule has 1 amide bonds. The van der Waals surface area contributed by atoms with Gasteiger partial charge in [-0.2, -0.15) is 0 Å². The Morgan fingerprint density at radius 1 is 1.05 bits per heavy atom. The molecule has 0 aromatic rings. The Kier molecular flexibility index (Phi) is 4.68. The SMILES string of the molecule is CC1(O)CCCN(C(=O)[C@@H]2CCCC[C@@H]2C(=O)O)CC1. The molecule has 5 heteroatoms. The van der Waals surface area contributed by atoms with Gasteiger partial charge in [-0.05, 0) is 39.0 Å². The van der Waals surface area contributed by atoms with Gasteiger partial charge < -0.3 is 15.1 Å². The van der Waals surface area contributed by atoms with E-state index in [0.29, 0.717) is 38.8 Å². The number of aliphatic carboxylic acids is 1. The van der Waals surface area contributed by atoms with E-state index >= 15 is 0 Å². The van der Waals surface area contributed by atoms with E-state index in [-0.39, 0.29) is 11.8 Å². The summed E-state index contributed by atoms with van der Waals surface area (Å²) < 4.78 is 0. The summed E-state index contributed by atoms with van der Waals surface area (Å²) in [4.78, 5) is 25.7. The molecule has 2 rings (SSSR count). The Morgan fingerprint density at radius 3 is 2.35 bits per heavy atom. The molecule has 1 aliphatic heterocycles. The Bertz CT molecular complexity index is 380. The summed E-state index contributed by atoms with van der Waals surface area (Å²) in [5, 5.41) is 19.4. The van der Waals surface area contributed by atoms with E-state index in [1.54, 1.807) is 4.90 Å². The lowest BCUT2D eigenvalue weighted by Gasteiger charge is -2.32. The van der Waals surface area contributed by atoms with Crippen LogP contribution in [0.25, 0.3) is 0 Å². The molecule has 3 atom stereocenters. The van der Waals surface area contributed by atoms with Crippen LogP contribution in [0, 0.1) is 11.8 Å². The number of hydrogen-bond acceptors (Lipinski definition) is 3. The fourth-order valence-electron chi connectivity index (χ4n) is 3.44. The fourth-order valence-corrected chi connectivity index (χ4v) is 3.44. The first-order valence-corrected chi connectivity index (χ1v) is 7.65. The van der Waals surface area contributed by atoms with Gasteiger partial charge in [0.1, 0.15) is 0 Å². The van der Waals surface area contributed by atoms with E-state index in [1.165, 1.54) is 0 Å². The first kappa shape index (κ1) is 15.3. The van der Waals surface area contributed by atoms with Gasteiger partial charge in [-0.25, -0.2) is 0 Å². The molecule has 0 bridgehead atoms. The van der Waals surface area contributed by atoms with E-state index in [9.17, 15) is 19.8 Å². The van der Waals surface area contributed by atoms with Crippen molar-refractivity contribution in [3.63, 3.8) is 0 Å². The summed E-state index contributed by atoms with van der Waals surface area (Å²) in [6, 6.07) is 0. The zero-order chi connectivity index (χ0) is 14.8. The summed E-state index contributed by atoms with van der Waals surface area (Å²) in [5.41, 5.74) is -0.701. The number of rotatable bonds is 2. The summed E-state index contributed by atoms with van der Waals surface area (Å²) in [7, 11) is 0. The van der Waals surface area contributed by atoms with Crippen LogP contribution >= 0.6 is 0 Å². The first-order chi connectivity index (χ1) is 9.41. The van der Waals surface area contributed by atoms with Crippen molar-refractivity contribution in [2.75, 3.05) is 13.1 Å². The van der Waals surface area contributed by atoms with Crippen LogP contribution in [0.15, 0.2) is 0 Å². The molecule has 114 valence electrons. The Morgan fingerprint density at radius 2 is 1.70 bits per heavy atom. The van der Waals surface area contributed by atoms with E-state index < -0.39 is 17.5 Å². The van der Waals surface area contributed by atoms with Crippen molar-refractivity contribution in [1.29, 1.82) is 0 Å². The van der Waals surface area contributed by atoms with Gasteiger partial charge in [-0.15, -0.1) is 0 Å². The number of carboxylic acid groups (broad SMARTS) is 1. The Hall–Kier alpha value is -1.10. The second-order valence-corrected chi connectivity index (χ2v) is 6.51. The summed E-state index contributed by atoms with van der Waals surface area (Å²) in [5.74, 6) is -1.76. The van der Waals surface area contributed by atoms with Crippen LogP contribution in [0.2, 0.25) is 0 Å². The van der Waals surface area contributed by atoms with Crippen molar-refractivity contribution in [2.45, 2.75) is 57.5 Å². The molecule has 0 spiro atoms. The Balaban J connectivity index is 2.03. The first-order valence-electron chi connectivity index (χ1n) is 7.65. The third kappa shape index (κ3) is 3.51. The topological polar surface area (TPSA) is 77.8 Å². The van der Waals surface area contributed by atoms with Crippen LogP contribution in [0.3, 0.4) is 0 Å². The molecule has 1 saturated heterocycles. The largest absolute Gasteiger partial charge is 0.481 e. The monoisotopic (exact) mass is 283 g/mol. The predicted octanol–water partition coefficient (Wildman–Crippen LogP) is 1.64. The lowest BCUT2D eigenvalue weighted by atomic mass is 9.78. The maximum Gasteiger partial charge on any atom is 0.307 e. The average Bonchev–Trinajstić information content (AvgIpc) is 2.59. The van der Waals surface area contributed by atoms with Crippen molar-refractivity contribution in [2.24, 2.45) is 11.8 Å². The molecule has 2 N–H and O–H groups in total. The molecule has 1 heterocycles. The normalized spacial score (nSPS) is 35.4. The number of aliphatic hydroxyl groups is 1. The molecular weight excluding hydrogens is 258 g/mol. The number of nitrogens with zero attached hydrogens (tertiary/aromatic N) is 1. The number of carboxylic acids is 1. The number of amides is 1. The second-order valence-electron chi connectivity index (χ2n) is 6.51. The molecule has 1 saturated carbocycles. The van der Waals surface area contributed by atoms with Crippen molar-refractivity contribution in [3.8, 4) is 0 Å². The van der Waals surface area contributed by atoms with Gasteiger partial charge in [0.15, 0.2) is 0 Å². The maximum absolute atomic E-state index is 12.6. The van der Waals surface area contributed by atoms with Gasteiger partial charge >= 0.3 is 5.97 Å². The van der Waals surface area contributed by atoms with Gasteiger partial charge in [0.2, 0.25) is 5.91 Å².